The number of sulfonamides is 1. The number of nitro groups is 1. The van der Waals surface area contributed by atoms with Crippen molar-refractivity contribution >= 4 is 78.9 Å². The Morgan fingerprint density at radius 3 is 2.38 bits per heavy atom. The third-order valence-electron chi connectivity index (χ3n) is 19.8. The minimum Gasteiger partial charge on any atom is -0.493 e. The second-order valence-corrected chi connectivity index (χ2v) is 28.8. The van der Waals surface area contributed by atoms with Gasteiger partial charge >= 0.3 is 0 Å². The zero-order valence-corrected chi connectivity index (χ0v) is 54.7. The van der Waals surface area contributed by atoms with E-state index in [0.717, 1.165) is 157 Å². The van der Waals surface area contributed by atoms with E-state index in [0.29, 0.717) is 68.0 Å². The molecule has 0 bridgehead atoms. The minimum absolute atomic E-state index is 0.0418. The molecule has 93 heavy (non-hydrogen) atoms. The maximum absolute atomic E-state index is 14.2. The summed E-state index contributed by atoms with van der Waals surface area (Å²) in [6.07, 6.45) is 16.5. The van der Waals surface area contributed by atoms with Crippen molar-refractivity contribution in [3.63, 3.8) is 0 Å². The van der Waals surface area contributed by atoms with Crippen LogP contribution in [0, 0.1) is 21.4 Å². The van der Waals surface area contributed by atoms with Crippen LogP contribution in [-0.4, -0.2) is 157 Å². The third-order valence-corrected chi connectivity index (χ3v) is 21.3. The second-order valence-electron chi connectivity index (χ2n) is 26.7. The van der Waals surface area contributed by atoms with E-state index in [-0.39, 0.29) is 46.6 Å². The Kier molecular flexibility index (Phi) is 20.2. The molecule has 23 heteroatoms. The van der Waals surface area contributed by atoms with Crippen LogP contribution in [0.3, 0.4) is 0 Å². The average Bonchev–Trinajstić information content (AvgIpc) is 1.42. The molecule has 0 radical (unpaired) electrons. The van der Waals surface area contributed by atoms with E-state index in [1.54, 1.807) is 41.4 Å². The number of nitrogens with one attached hydrogen (secondary N) is 4. The lowest BCUT2D eigenvalue weighted by molar-refractivity contribution is -0.384. The molecule has 4 aromatic carbocycles. The van der Waals surface area contributed by atoms with Crippen LogP contribution in [0.15, 0.2) is 114 Å². The zero-order valence-electron chi connectivity index (χ0n) is 53.1. The summed E-state index contributed by atoms with van der Waals surface area (Å²) in [5, 5.41) is 19.7. The van der Waals surface area contributed by atoms with Crippen LogP contribution in [0.2, 0.25) is 5.02 Å². The van der Waals surface area contributed by atoms with Crippen LogP contribution in [0.25, 0.3) is 16.6 Å². The Morgan fingerprint density at radius 2 is 1.60 bits per heavy atom. The molecule has 0 spiro atoms. The fourth-order valence-electron chi connectivity index (χ4n) is 14.3. The third kappa shape index (κ3) is 15.7. The summed E-state index contributed by atoms with van der Waals surface area (Å²) < 4.78 is 42.8. The van der Waals surface area contributed by atoms with E-state index in [1.807, 2.05) is 30.3 Å². The van der Waals surface area contributed by atoms with Gasteiger partial charge in [-0.15, -0.1) is 0 Å². The van der Waals surface area contributed by atoms with Gasteiger partial charge in [-0.05, 0) is 180 Å². The molecule has 6 aromatic rings. The molecule has 4 N–H and O–H groups in total. The van der Waals surface area contributed by atoms with Crippen molar-refractivity contribution in [3.8, 4) is 17.2 Å². The van der Waals surface area contributed by atoms with E-state index < -0.39 is 43.4 Å². The fraction of sp³-hybridized carbons (Fsp3) is 0.471. The van der Waals surface area contributed by atoms with Crippen LogP contribution in [0.4, 0.5) is 17.1 Å². The van der Waals surface area contributed by atoms with E-state index in [9.17, 15) is 37.7 Å². The Balaban J connectivity index is 0.585. The van der Waals surface area contributed by atoms with Crippen LogP contribution in [0.1, 0.15) is 136 Å². The van der Waals surface area contributed by atoms with Gasteiger partial charge in [0.2, 0.25) is 11.8 Å². The smallest absolute Gasteiger partial charge is 0.293 e. The number of piperazine rings is 1. The SMILES string of the molecule is CC1(C)CCC(CN2CCN(c3ccc(C(=O)NS(=O)(=O)c4ccc(NCC5CCN(C6CCN(CCCCCCCOc7cccc8c7CN(C7CCC(=O)NC7=O)C8=O)CC6)CC5)c([N+](=O)[O-])c4)c(Oc4cnc5[nH]ccc5c4)c3)CC2)=C(c2ccc(Cl)cc2)C1. The van der Waals surface area contributed by atoms with Gasteiger partial charge in [-0.3, -0.25) is 39.5 Å². The Morgan fingerprint density at radius 1 is 0.828 bits per heavy atom. The summed E-state index contributed by atoms with van der Waals surface area (Å²) in [4.78, 5) is 82.1. The number of benzene rings is 4. The average molecular weight is 1310 g/mol. The first-order valence-electron chi connectivity index (χ1n) is 33.0. The van der Waals surface area contributed by atoms with Gasteiger partial charge in [0.25, 0.3) is 27.5 Å². The minimum atomic E-state index is -4.61. The van der Waals surface area contributed by atoms with Gasteiger partial charge < -0.3 is 39.4 Å². The molecule has 5 aliphatic heterocycles. The number of hydrogen-bond acceptors (Lipinski definition) is 16. The van der Waals surface area contributed by atoms with Gasteiger partial charge in [0, 0.05) is 97.3 Å². The number of hydrogen-bond donors (Lipinski definition) is 4. The van der Waals surface area contributed by atoms with Crippen LogP contribution >= 0.6 is 11.6 Å². The summed E-state index contributed by atoms with van der Waals surface area (Å²) in [5.41, 5.74) is 6.88. The van der Waals surface area contributed by atoms with Gasteiger partial charge in [0.15, 0.2) is 0 Å². The normalized spacial score (nSPS) is 19.6. The first kappa shape index (κ1) is 65.2. The summed E-state index contributed by atoms with van der Waals surface area (Å²) in [6, 6.07) is 25.9. The number of rotatable bonds is 24. The Hall–Kier alpha value is -7.89. The lowest BCUT2D eigenvalue weighted by atomic mass is 9.72. The standard InChI is InChI=1S/C70H84ClN11O10S/c1-70(2)27-21-50(58(42-70)48-11-13-51(71)14-12-48)45-78-34-36-80(37-35-78)53-15-17-57(64(40-53)92-54-39-49-22-28-72-66(49)74-44-54)67(84)76-93(89,90)55-16-18-60(62(41-55)82(87)88)73-43-47-23-32-79(33-24-47)52-25-30-77(31-26-52)29-6-4-3-5-7-38-91-63-10-8-9-56-59(63)46-81(69(56)86)61-19-20-65(83)75-68(61)85/h8-18,22,28,39-41,44,47,52,61,73H,3-7,19-21,23-27,29-38,42-43,45-46H2,1-2H3,(H,72,74)(H,76,84)(H,75,83,85). The topological polar surface area (TPSA) is 245 Å². The first-order chi connectivity index (χ1) is 44.9. The van der Waals surface area contributed by atoms with E-state index >= 15 is 0 Å². The summed E-state index contributed by atoms with van der Waals surface area (Å²) in [6.45, 7) is 15.0. The number of aromatic amines is 1. The van der Waals surface area contributed by atoms with Gasteiger partial charge in [0.05, 0.1) is 34.7 Å². The highest BCUT2D eigenvalue weighted by Gasteiger charge is 2.41. The number of imide groups is 1. The highest BCUT2D eigenvalue weighted by atomic mass is 35.5. The summed E-state index contributed by atoms with van der Waals surface area (Å²) >= 11 is 6.28. The number of piperidine rings is 3. The highest BCUT2D eigenvalue weighted by Crippen LogP contribution is 2.44. The largest absolute Gasteiger partial charge is 0.493 e. The molecule has 4 saturated heterocycles. The number of unbranched alkanes of at least 4 members (excludes halogenated alkanes) is 4. The van der Waals surface area contributed by atoms with Crippen molar-refractivity contribution in [3.05, 3.63) is 146 Å². The molecule has 6 aliphatic rings. The molecule has 4 fully saturated rings. The number of fused-ring (bicyclic) bond motifs is 2. The number of aromatic nitrogens is 2. The van der Waals surface area contributed by atoms with E-state index in [4.69, 9.17) is 21.1 Å². The number of ether oxygens (including phenoxy) is 2. The number of carbonyl (C=O) groups excluding carboxylic acids is 4. The molecule has 1 unspecified atom stereocenters. The van der Waals surface area contributed by atoms with Crippen LogP contribution in [0.5, 0.6) is 17.2 Å². The van der Waals surface area contributed by atoms with Crippen molar-refractivity contribution in [2.45, 2.75) is 127 Å². The van der Waals surface area contributed by atoms with Crippen molar-refractivity contribution in [2.75, 3.05) is 88.8 Å². The zero-order chi connectivity index (χ0) is 64.8. The molecular formula is C70H84ClN11O10S. The molecule has 1 aliphatic carbocycles. The molecular weight excluding hydrogens is 1220 g/mol. The Labute approximate surface area is 548 Å². The second kappa shape index (κ2) is 28.8. The van der Waals surface area contributed by atoms with Crippen molar-refractivity contribution in [2.24, 2.45) is 11.3 Å². The molecule has 12 rings (SSSR count). The highest BCUT2D eigenvalue weighted by molar-refractivity contribution is 7.90. The van der Waals surface area contributed by atoms with Crippen molar-refractivity contribution < 1.29 is 42.0 Å². The number of likely N-dealkylation sites (tertiary alicyclic amines) is 2. The molecule has 4 amide bonds. The quantitative estimate of drug-likeness (QED) is 0.0190. The number of nitro benzene ring substituents is 1. The number of carbonyl (C=O) groups is 4. The predicted octanol–water partition coefficient (Wildman–Crippen LogP) is 11.2. The number of allylic oxidation sites excluding steroid dienone is 1. The van der Waals surface area contributed by atoms with E-state index in [1.165, 1.54) is 35.0 Å². The molecule has 21 nitrogen and oxygen atoms in total. The molecule has 492 valence electrons. The van der Waals surface area contributed by atoms with Crippen molar-refractivity contribution in [1.29, 1.82) is 0 Å². The maximum Gasteiger partial charge on any atom is 0.293 e. The fourth-order valence-corrected chi connectivity index (χ4v) is 15.4. The summed E-state index contributed by atoms with van der Waals surface area (Å²) in [7, 11) is -4.61. The molecule has 0 saturated carbocycles. The first-order valence-corrected chi connectivity index (χ1v) is 34.9. The maximum atomic E-state index is 14.2. The summed E-state index contributed by atoms with van der Waals surface area (Å²) in [5.74, 6) is -0.465. The van der Waals surface area contributed by atoms with Crippen molar-refractivity contribution in [1.82, 2.24) is 39.6 Å². The number of H-pyrrole nitrogens is 1. The van der Waals surface area contributed by atoms with Gasteiger partial charge in [0.1, 0.15) is 34.6 Å². The number of halogens is 1. The van der Waals surface area contributed by atoms with Gasteiger partial charge in [-0.2, -0.15) is 0 Å². The molecule has 7 heterocycles. The molecule has 2 aromatic heterocycles. The Bertz CT molecular complexity index is 3890. The number of anilines is 2. The predicted molar refractivity (Wildman–Crippen MR) is 358 cm³/mol. The lowest BCUT2D eigenvalue weighted by Gasteiger charge is -2.42. The van der Waals surface area contributed by atoms with Crippen LogP contribution in [-0.2, 0) is 26.2 Å². The van der Waals surface area contributed by atoms with Gasteiger partial charge in [-0.1, -0.05) is 68.5 Å². The number of nitrogens with zero attached hydrogens (tertiary/aromatic N) is 7. The monoisotopic (exact) mass is 1310 g/mol. The number of pyridine rings is 1. The molecule has 1 atom stereocenters. The van der Waals surface area contributed by atoms with Crippen LogP contribution < -0.4 is 29.7 Å². The lowest BCUT2D eigenvalue weighted by Crippen LogP contribution is -2.52. The van der Waals surface area contributed by atoms with Gasteiger partial charge in [-0.25, -0.2) is 18.1 Å². The number of amides is 4. The van der Waals surface area contributed by atoms with E-state index in [2.05, 4.69) is 70.9 Å².